The molecule has 0 spiro atoms. The number of carbonyl (C=O) groups is 2. The van der Waals surface area contributed by atoms with Gasteiger partial charge in [0, 0.05) is 0 Å². The molecule has 0 saturated carbocycles. The third-order valence-corrected chi connectivity index (χ3v) is 1.26. The van der Waals surface area contributed by atoms with Crippen LogP contribution in [-0.2, 0) is 9.59 Å². The van der Waals surface area contributed by atoms with Crippen LogP contribution >= 0.6 is 0 Å². The summed E-state index contributed by atoms with van der Waals surface area (Å²) in [6.45, 7) is 1.58. The Morgan fingerprint density at radius 1 is 1.55 bits per heavy atom. The maximum atomic E-state index is 10.9. The van der Waals surface area contributed by atoms with Gasteiger partial charge in [-0.3, -0.25) is 9.59 Å². The Morgan fingerprint density at radius 2 is 2.09 bits per heavy atom. The van der Waals surface area contributed by atoms with Crippen molar-refractivity contribution in [3.8, 4) is 0 Å². The van der Waals surface area contributed by atoms with Gasteiger partial charge in [0.2, 0.25) is 11.8 Å². The van der Waals surface area contributed by atoms with Crippen molar-refractivity contribution in [3.05, 3.63) is 0 Å². The highest BCUT2D eigenvalue weighted by atomic mass is 16.2. The van der Waals surface area contributed by atoms with Crippen molar-refractivity contribution in [2.75, 3.05) is 13.6 Å². The lowest BCUT2D eigenvalue weighted by Crippen LogP contribution is -2.43. The average molecular weight is 159 g/mol. The van der Waals surface area contributed by atoms with E-state index in [1.165, 1.54) is 0 Å². The van der Waals surface area contributed by atoms with Crippen LogP contribution in [0.3, 0.4) is 0 Å². The van der Waals surface area contributed by atoms with E-state index in [-0.39, 0.29) is 18.5 Å². The largest absolute Gasteiger partial charge is 0.368 e. The van der Waals surface area contributed by atoms with Crippen LogP contribution in [0.4, 0.5) is 0 Å². The Hall–Kier alpha value is -1.10. The minimum absolute atomic E-state index is 0.106. The fourth-order valence-electron chi connectivity index (χ4n) is 0.458. The Bertz CT molecular complexity index is 158. The SMILES string of the molecule is CNC(C)C(=O)NCC(N)=O. The number of rotatable bonds is 4. The first kappa shape index (κ1) is 9.90. The van der Waals surface area contributed by atoms with Crippen molar-refractivity contribution in [1.82, 2.24) is 10.6 Å². The van der Waals surface area contributed by atoms with Gasteiger partial charge in [-0.05, 0) is 14.0 Å². The molecule has 5 nitrogen and oxygen atoms in total. The number of nitrogens with one attached hydrogen (secondary N) is 2. The summed E-state index contributed by atoms with van der Waals surface area (Å²) in [4.78, 5) is 21.1. The summed E-state index contributed by atoms with van der Waals surface area (Å²) in [6, 6.07) is -0.297. The second kappa shape index (κ2) is 4.68. The molecule has 2 amide bonds. The lowest BCUT2D eigenvalue weighted by atomic mass is 10.3. The Labute approximate surface area is 65.3 Å². The quantitative estimate of drug-likeness (QED) is 0.452. The lowest BCUT2D eigenvalue weighted by Gasteiger charge is -2.08. The predicted molar refractivity (Wildman–Crippen MR) is 40.7 cm³/mol. The molecule has 4 N–H and O–H groups in total. The second-order valence-electron chi connectivity index (χ2n) is 2.19. The third-order valence-electron chi connectivity index (χ3n) is 1.26. The molecule has 0 saturated heterocycles. The second-order valence-corrected chi connectivity index (χ2v) is 2.19. The summed E-state index contributed by atoms with van der Waals surface area (Å²) in [5, 5.41) is 5.08. The monoisotopic (exact) mass is 159 g/mol. The fourth-order valence-corrected chi connectivity index (χ4v) is 0.458. The van der Waals surface area contributed by atoms with Crippen molar-refractivity contribution in [1.29, 1.82) is 0 Å². The van der Waals surface area contributed by atoms with Gasteiger partial charge >= 0.3 is 0 Å². The summed E-state index contributed by atoms with van der Waals surface area (Å²) < 4.78 is 0. The summed E-state index contributed by atoms with van der Waals surface area (Å²) in [7, 11) is 1.66. The van der Waals surface area contributed by atoms with E-state index in [1.54, 1.807) is 14.0 Å². The molecule has 0 aliphatic rings. The number of hydrogen-bond acceptors (Lipinski definition) is 3. The zero-order valence-electron chi connectivity index (χ0n) is 6.68. The number of nitrogens with two attached hydrogens (primary N) is 1. The van der Waals surface area contributed by atoms with E-state index in [2.05, 4.69) is 10.6 Å². The van der Waals surface area contributed by atoms with Crippen LogP contribution in [0.25, 0.3) is 0 Å². The van der Waals surface area contributed by atoms with Crippen molar-refractivity contribution in [2.45, 2.75) is 13.0 Å². The Morgan fingerprint density at radius 3 is 2.45 bits per heavy atom. The minimum Gasteiger partial charge on any atom is -0.368 e. The molecule has 0 aromatic carbocycles. The molecule has 0 aliphatic carbocycles. The van der Waals surface area contributed by atoms with Gasteiger partial charge in [0.25, 0.3) is 0 Å². The molecule has 0 aliphatic heterocycles. The molecular formula is C6H13N3O2. The first-order valence-electron chi connectivity index (χ1n) is 3.31. The zero-order chi connectivity index (χ0) is 8.85. The molecule has 5 heteroatoms. The zero-order valence-corrected chi connectivity index (χ0v) is 6.68. The van der Waals surface area contributed by atoms with Crippen LogP contribution in [0.5, 0.6) is 0 Å². The van der Waals surface area contributed by atoms with E-state index < -0.39 is 5.91 Å². The highest BCUT2D eigenvalue weighted by Crippen LogP contribution is 1.77. The highest BCUT2D eigenvalue weighted by molar-refractivity contribution is 5.86. The first-order chi connectivity index (χ1) is 5.07. The van der Waals surface area contributed by atoms with Gasteiger partial charge in [-0.2, -0.15) is 0 Å². The molecule has 64 valence electrons. The number of likely N-dealkylation sites (N-methyl/N-ethyl adjacent to an activating group) is 1. The van der Waals surface area contributed by atoms with Crippen molar-refractivity contribution in [2.24, 2.45) is 5.73 Å². The molecular weight excluding hydrogens is 146 g/mol. The van der Waals surface area contributed by atoms with E-state index in [4.69, 9.17) is 5.73 Å². The molecule has 1 unspecified atom stereocenters. The van der Waals surface area contributed by atoms with Crippen LogP contribution in [0.2, 0.25) is 0 Å². The van der Waals surface area contributed by atoms with E-state index in [0.717, 1.165) is 0 Å². The molecule has 0 aromatic rings. The summed E-state index contributed by atoms with van der Waals surface area (Å²) >= 11 is 0. The van der Waals surface area contributed by atoms with Gasteiger partial charge in [-0.15, -0.1) is 0 Å². The van der Waals surface area contributed by atoms with E-state index in [0.29, 0.717) is 0 Å². The molecule has 0 aromatic heterocycles. The first-order valence-corrected chi connectivity index (χ1v) is 3.31. The van der Waals surface area contributed by atoms with Gasteiger partial charge in [-0.1, -0.05) is 0 Å². The number of carbonyl (C=O) groups excluding carboxylic acids is 2. The molecule has 0 fully saturated rings. The van der Waals surface area contributed by atoms with Gasteiger partial charge in [0.05, 0.1) is 12.6 Å². The number of hydrogen-bond donors (Lipinski definition) is 3. The van der Waals surface area contributed by atoms with Gasteiger partial charge in [0.1, 0.15) is 0 Å². The number of amides is 2. The van der Waals surface area contributed by atoms with Crippen molar-refractivity contribution >= 4 is 11.8 Å². The molecule has 0 bridgehead atoms. The Balaban J connectivity index is 3.60. The van der Waals surface area contributed by atoms with E-state index >= 15 is 0 Å². The summed E-state index contributed by atoms with van der Waals surface area (Å²) in [6.07, 6.45) is 0. The Kier molecular flexibility index (Phi) is 4.21. The van der Waals surface area contributed by atoms with Crippen LogP contribution in [-0.4, -0.2) is 31.4 Å². The van der Waals surface area contributed by atoms with Crippen molar-refractivity contribution in [3.63, 3.8) is 0 Å². The summed E-state index contributed by atoms with van der Waals surface area (Å²) in [5.74, 6) is -0.770. The smallest absolute Gasteiger partial charge is 0.237 e. The molecule has 1 atom stereocenters. The van der Waals surface area contributed by atoms with E-state index in [9.17, 15) is 9.59 Å². The molecule has 0 radical (unpaired) electrons. The maximum Gasteiger partial charge on any atom is 0.237 e. The average Bonchev–Trinajstić information content (AvgIpc) is 1.98. The van der Waals surface area contributed by atoms with Crippen LogP contribution in [0, 0.1) is 0 Å². The minimum atomic E-state index is -0.540. The molecule has 0 rings (SSSR count). The fraction of sp³-hybridized carbons (Fsp3) is 0.667. The topological polar surface area (TPSA) is 84.2 Å². The van der Waals surface area contributed by atoms with Gasteiger partial charge in [0.15, 0.2) is 0 Å². The molecule has 0 heterocycles. The third kappa shape index (κ3) is 4.32. The normalized spacial score (nSPS) is 12.2. The number of primary amides is 1. The maximum absolute atomic E-state index is 10.9. The van der Waals surface area contributed by atoms with Gasteiger partial charge < -0.3 is 16.4 Å². The summed E-state index contributed by atoms with van der Waals surface area (Å²) in [5.41, 5.74) is 4.81. The van der Waals surface area contributed by atoms with Crippen molar-refractivity contribution < 1.29 is 9.59 Å². The van der Waals surface area contributed by atoms with Gasteiger partial charge in [-0.25, -0.2) is 0 Å². The lowest BCUT2D eigenvalue weighted by molar-refractivity contribution is -0.125. The van der Waals surface area contributed by atoms with Crippen LogP contribution in [0.1, 0.15) is 6.92 Å². The van der Waals surface area contributed by atoms with Crippen LogP contribution < -0.4 is 16.4 Å². The van der Waals surface area contributed by atoms with Crippen LogP contribution in [0.15, 0.2) is 0 Å². The van der Waals surface area contributed by atoms with E-state index in [1.807, 2.05) is 0 Å². The highest BCUT2D eigenvalue weighted by Gasteiger charge is 2.09. The standard InChI is InChI=1S/C6H13N3O2/c1-4(8-2)6(11)9-3-5(7)10/h4,8H,3H2,1-2H3,(H2,7,10)(H,9,11). The molecule has 11 heavy (non-hydrogen) atoms. The predicted octanol–water partition coefficient (Wildman–Crippen LogP) is -1.80.